The van der Waals surface area contributed by atoms with Gasteiger partial charge in [0.1, 0.15) is 11.6 Å². The van der Waals surface area contributed by atoms with E-state index in [4.69, 9.17) is 9.84 Å². The van der Waals surface area contributed by atoms with Crippen molar-refractivity contribution in [2.24, 2.45) is 5.41 Å². The summed E-state index contributed by atoms with van der Waals surface area (Å²) in [5, 5.41) is 8.98. The maximum atomic E-state index is 13.8. The van der Waals surface area contributed by atoms with Gasteiger partial charge >= 0.3 is 5.97 Å². The highest BCUT2D eigenvalue weighted by Gasteiger charge is 2.41. The van der Waals surface area contributed by atoms with Crippen LogP contribution in [0.5, 0.6) is 5.75 Å². The molecule has 0 aliphatic carbocycles. The molecule has 0 aromatic heterocycles. The van der Waals surface area contributed by atoms with E-state index < -0.39 is 21.2 Å². The van der Waals surface area contributed by atoms with Gasteiger partial charge in [-0.1, -0.05) is 26.7 Å². The number of aliphatic carboxylic acids is 1. The molecule has 6 nitrogen and oxygen atoms in total. The van der Waals surface area contributed by atoms with E-state index in [1.165, 1.54) is 31.0 Å². The monoisotopic (exact) mass is 509 g/mol. The third-order valence-electron chi connectivity index (χ3n) is 6.41. The zero-order valence-electron chi connectivity index (χ0n) is 19.8. The second kappa shape index (κ2) is 11.0. The molecule has 0 radical (unpaired) electrons. The van der Waals surface area contributed by atoms with Gasteiger partial charge in [-0.3, -0.25) is 4.79 Å². The lowest BCUT2D eigenvalue weighted by molar-refractivity contribution is -0.133. The first kappa shape index (κ1) is 26.3. The molecular formula is C25H32FNO5S2. The van der Waals surface area contributed by atoms with Crippen LogP contribution in [0.1, 0.15) is 45.1 Å². The first-order valence-electron chi connectivity index (χ1n) is 11.4. The molecular weight excluding hydrogens is 477 g/mol. The van der Waals surface area contributed by atoms with Crippen LogP contribution in [0.3, 0.4) is 0 Å². The fourth-order valence-electron chi connectivity index (χ4n) is 4.49. The maximum absolute atomic E-state index is 13.8. The van der Waals surface area contributed by atoms with Gasteiger partial charge in [-0.25, -0.2) is 12.8 Å². The van der Waals surface area contributed by atoms with Gasteiger partial charge in [0.05, 0.1) is 29.2 Å². The Balaban J connectivity index is 2.19. The van der Waals surface area contributed by atoms with Crippen molar-refractivity contribution in [1.82, 2.24) is 0 Å². The highest BCUT2D eigenvalue weighted by atomic mass is 32.2. The summed E-state index contributed by atoms with van der Waals surface area (Å²) in [7, 11) is -2.15. The number of fused-ring (bicyclic) bond motifs is 1. The normalized spacial score (nSPS) is 19.4. The van der Waals surface area contributed by atoms with Gasteiger partial charge in [0.2, 0.25) is 0 Å². The lowest BCUT2D eigenvalue weighted by atomic mass is 9.81. The Morgan fingerprint density at radius 2 is 1.94 bits per heavy atom. The fraction of sp³-hybridized carbons (Fsp3) is 0.480. The van der Waals surface area contributed by atoms with Crippen molar-refractivity contribution in [1.29, 1.82) is 0 Å². The van der Waals surface area contributed by atoms with E-state index in [9.17, 15) is 17.6 Å². The Morgan fingerprint density at radius 1 is 1.24 bits per heavy atom. The minimum absolute atomic E-state index is 0.0230. The summed E-state index contributed by atoms with van der Waals surface area (Å²) in [5.74, 6) is -0.555. The standard InChI is InChI=1S/C25H32FNO5S2/c1-4-6-11-25(5-2)16-27(20-9-7-19(26)8-10-20)21-13-22(32-3)18(14-33-15-24(28)29)12-23(21)34(30,31)17-25/h7-10,12-13H,4-6,11,14-17H2,1-3H3,(H,28,29)/t25-/m1/s1. The van der Waals surface area contributed by atoms with E-state index in [0.29, 0.717) is 41.4 Å². The Kier molecular flexibility index (Phi) is 8.52. The molecule has 1 heterocycles. The maximum Gasteiger partial charge on any atom is 0.313 e. The minimum atomic E-state index is -3.66. The molecule has 1 aliphatic heterocycles. The van der Waals surface area contributed by atoms with Crippen LogP contribution >= 0.6 is 11.8 Å². The summed E-state index contributed by atoms with van der Waals surface area (Å²) in [5.41, 5.74) is 1.38. The number of carboxylic acids is 1. The smallest absolute Gasteiger partial charge is 0.313 e. The molecule has 0 amide bonds. The van der Waals surface area contributed by atoms with Crippen LogP contribution in [0.25, 0.3) is 0 Å². The number of thioether (sulfide) groups is 1. The number of halogens is 1. The Bertz CT molecular complexity index is 1120. The van der Waals surface area contributed by atoms with Crippen molar-refractivity contribution in [2.45, 2.75) is 50.2 Å². The quantitative estimate of drug-likeness (QED) is 0.442. The van der Waals surface area contributed by atoms with Crippen molar-refractivity contribution in [3.63, 3.8) is 0 Å². The molecule has 0 unspecified atom stereocenters. The van der Waals surface area contributed by atoms with E-state index in [1.54, 1.807) is 24.3 Å². The molecule has 1 aliphatic rings. The average molecular weight is 510 g/mol. The van der Waals surface area contributed by atoms with Gasteiger partial charge in [0, 0.05) is 35.0 Å². The van der Waals surface area contributed by atoms with E-state index in [1.807, 2.05) is 11.8 Å². The van der Waals surface area contributed by atoms with Crippen LogP contribution in [-0.4, -0.2) is 44.7 Å². The zero-order chi connectivity index (χ0) is 24.9. The first-order valence-corrected chi connectivity index (χ1v) is 14.2. The molecule has 1 N–H and O–H groups in total. The van der Waals surface area contributed by atoms with Crippen LogP contribution < -0.4 is 9.64 Å². The van der Waals surface area contributed by atoms with Crippen LogP contribution in [-0.2, 0) is 20.4 Å². The fourth-order valence-corrected chi connectivity index (χ4v) is 7.43. The molecule has 0 saturated carbocycles. The van der Waals surface area contributed by atoms with Crippen LogP contribution in [0, 0.1) is 11.2 Å². The minimum Gasteiger partial charge on any atom is -0.496 e. The third kappa shape index (κ3) is 5.86. The van der Waals surface area contributed by atoms with Crippen molar-refractivity contribution in [2.75, 3.05) is 30.1 Å². The molecule has 2 aromatic rings. The summed E-state index contributed by atoms with van der Waals surface area (Å²) in [6.45, 7) is 4.60. The molecule has 2 aromatic carbocycles. The summed E-state index contributed by atoms with van der Waals surface area (Å²) >= 11 is 1.18. The zero-order valence-corrected chi connectivity index (χ0v) is 21.5. The van der Waals surface area contributed by atoms with Crippen LogP contribution in [0.15, 0.2) is 41.3 Å². The van der Waals surface area contributed by atoms with E-state index in [-0.39, 0.29) is 22.2 Å². The Labute approximate surface area is 205 Å². The number of sulfone groups is 1. The SMILES string of the molecule is CCCC[C@]1(CC)CN(c2ccc(F)cc2)c2cc(OC)c(CSCC(=O)O)cc2S(=O)(=O)C1. The number of nitrogens with zero attached hydrogens (tertiary/aromatic N) is 1. The summed E-state index contributed by atoms with van der Waals surface area (Å²) in [6, 6.07) is 9.43. The van der Waals surface area contributed by atoms with Gasteiger partial charge in [0.25, 0.3) is 0 Å². The van der Waals surface area contributed by atoms with Crippen LogP contribution in [0.2, 0.25) is 0 Å². The van der Waals surface area contributed by atoms with Gasteiger partial charge in [-0.05, 0) is 43.2 Å². The number of methoxy groups -OCH3 is 1. The number of benzene rings is 2. The number of rotatable bonds is 10. The number of carboxylic acid groups (broad SMARTS) is 1. The van der Waals surface area contributed by atoms with Crippen molar-refractivity contribution >= 4 is 38.9 Å². The number of unbranched alkanes of at least 4 members (excludes halogenated alkanes) is 1. The predicted molar refractivity (Wildman–Crippen MR) is 134 cm³/mol. The third-order valence-corrected chi connectivity index (χ3v) is 9.37. The second-order valence-electron chi connectivity index (χ2n) is 8.80. The molecule has 1 atom stereocenters. The highest BCUT2D eigenvalue weighted by molar-refractivity contribution is 7.99. The summed E-state index contributed by atoms with van der Waals surface area (Å²) in [6.07, 6.45) is 3.33. The Morgan fingerprint density at radius 3 is 2.53 bits per heavy atom. The van der Waals surface area contributed by atoms with Crippen molar-refractivity contribution in [3.8, 4) is 5.75 Å². The Hall–Kier alpha value is -2.26. The second-order valence-corrected chi connectivity index (χ2v) is 11.7. The molecule has 0 spiro atoms. The summed E-state index contributed by atoms with van der Waals surface area (Å²) < 4.78 is 46.8. The number of ether oxygens (including phenoxy) is 1. The van der Waals surface area contributed by atoms with Crippen LogP contribution in [0.4, 0.5) is 15.8 Å². The molecule has 34 heavy (non-hydrogen) atoms. The first-order chi connectivity index (χ1) is 16.1. The van der Waals surface area contributed by atoms with Gasteiger partial charge < -0.3 is 14.7 Å². The number of hydrogen-bond acceptors (Lipinski definition) is 6. The number of carbonyl (C=O) groups is 1. The van der Waals surface area contributed by atoms with Gasteiger partial charge in [-0.15, -0.1) is 11.8 Å². The molecule has 0 fully saturated rings. The van der Waals surface area contributed by atoms with Crippen molar-refractivity contribution < 1.29 is 27.4 Å². The number of hydrogen-bond donors (Lipinski definition) is 1. The predicted octanol–water partition coefficient (Wildman–Crippen LogP) is 5.66. The summed E-state index contributed by atoms with van der Waals surface area (Å²) in [4.78, 5) is 13.1. The van der Waals surface area contributed by atoms with E-state index in [0.717, 1.165) is 19.3 Å². The largest absolute Gasteiger partial charge is 0.496 e. The lowest BCUT2D eigenvalue weighted by Gasteiger charge is -2.36. The van der Waals surface area contributed by atoms with Crippen molar-refractivity contribution in [3.05, 3.63) is 47.8 Å². The topological polar surface area (TPSA) is 83.9 Å². The molecule has 186 valence electrons. The lowest BCUT2D eigenvalue weighted by Crippen LogP contribution is -2.37. The molecule has 9 heteroatoms. The van der Waals surface area contributed by atoms with E-state index in [2.05, 4.69) is 6.92 Å². The molecule has 0 bridgehead atoms. The van der Waals surface area contributed by atoms with E-state index >= 15 is 0 Å². The molecule has 3 rings (SSSR count). The highest BCUT2D eigenvalue weighted by Crippen LogP contribution is 2.46. The number of anilines is 2. The van der Waals surface area contributed by atoms with Gasteiger partial charge in [-0.2, -0.15) is 0 Å². The van der Waals surface area contributed by atoms with Gasteiger partial charge in [0.15, 0.2) is 9.84 Å². The average Bonchev–Trinajstić information content (AvgIpc) is 2.90. The molecule has 0 saturated heterocycles.